The first kappa shape index (κ1) is 12.6. The van der Waals surface area contributed by atoms with Crippen LogP contribution in [0.5, 0.6) is 0 Å². The maximum Gasteiger partial charge on any atom is 0.0954 e. The van der Waals surface area contributed by atoms with E-state index >= 15 is 0 Å². The summed E-state index contributed by atoms with van der Waals surface area (Å²) in [4.78, 5) is 6.40. The maximum absolute atomic E-state index is 5.15. The Kier molecular flexibility index (Phi) is 3.97. The van der Waals surface area contributed by atoms with E-state index in [1.807, 2.05) is 11.3 Å². The third-order valence-corrected chi connectivity index (χ3v) is 5.06. The van der Waals surface area contributed by atoms with Crippen molar-refractivity contribution in [1.82, 2.24) is 10.3 Å². The minimum Gasteiger partial charge on any atom is -0.384 e. The van der Waals surface area contributed by atoms with E-state index in [0.29, 0.717) is 5.92 Å². The molecule has 0 amide bonds. The van der Waals surface area contributed by atoms with E-state index < -0.39 is 0 Å². The molecule has 3 nitrogen and oxygen atoms in total. The molecule has 4 heteroatoms. The molecule has 100 valence electrons. The number of hydrogen-bond acceptors (Lipinski definition) is 4. The molecule has 2 aliphatic rings. The molecule has 1 aromatic rings. The predicted molar refractivity (Wildman–Crippen MR) is 74.4 cm³/mol. The van der Waals surface area contributed by atoms with Crippen molar-refractivity contribution < 1.29 is 4.74 Å². The standard InChI is InChI=1S/C14H22N2OS/c1-17-8-7-13-16-14-10(9-15-11-5-6-11)3-2-4-12(14)18-13/h10-11,15H,2-9H2,1H3. The van der Waals surface area contributed by atoms with Gasteiger partial charge >= 0.3 is 0 Å². The zero-order valence-corrected chi connectivity index (χ0v) is 11.9. The van der Waals surface area contributed by atoms with Crippen molar-refractivity contribution in [1.29, 1.82) is 0 Å². The number of fused-ring (bicyclic) bond motifs is 1. The molecule has 1 atom stereocenters. The highest BCUT2D eigenvalue weighted by Crippen LogP contribution is 2.35. The Balaban J connectivity index is 1.66. The van der Waals surface area contributed by atoms with Gasteiger partial charge in [0.1, 0.15) is 0 Å². The lowest BCUT2D eigenvalue weighted by Gasteiger charge is -2.21. The number of thiazole rings is 1. The first-order valence-corrected chi connectivity index (χ1v) is 7.89. The van der Waals surface area contributed by atoms with Crippen molar-refractivity contribution in [3.63, 3.8) is 0 Å². The molecule has 1 fully saturated rings. The highest BCUT2D eigenvalue weighted by atomic mass is 32.1. The largest absolute Gasteiger partial charge is 0.384 e. The first-order valence-electron chi connectivity index (χ1n) is 7.07. The van der Waals surface area contributed by atoms with Gasteiger partial charge < -0.3 is 10.1 Å². The predicted octanol–water partition coefficient (Wildman–Crippen LogP) is 2.50. The highest BCUT2D eigenvalue weighted by Gasteiger charge is 2.27. The molecule has 3 rings (SSSR count). The van der Waals surface area contributed by atoms with Crippen LogP contribution < -0.4 is 5.32 Å². The summed E-state index contributed by atoms with van der Waals surface area (Å²) in [6.07, 6.45) is 7.58. The van der Waals surface area contributed by atoms with E-state index in [1.54, 1.807) is 7.11 Å². The molecule has 1 heterocycles. The minimum absolute atomic E-state index is 0.655. The number of aryl methyl sites for hydroxylation is 1. The highest BCUT2D eigenvalue weighted by molar-refractivity contribution is 7.11. The second kappa shape index (κ2) is 5.68. The van der Waals surface area contributed by atoms with Gasteiger partial charge in [0, 0.05) is 36.9 Å². The van der Waals surface area contributed by atoms with Crippen molar-refractivity contribution >= 4 is 11.3 Å². The second-order valence-corrected chi connectivity index (χ2v) is 6.60. The van der Waals surface area contributed by atoms with Crippen LogP contribution in [-0.4, -0.2) is 31.3 Å². The van der Waals surface area contributed by atoms with Crippen molar-refractivity contribution in [3.05, 3.63) is 15.6 Å². The molecule has 1 aromatic heterocycles. The van der Waals surface area contributed by atoms with Crippen LogP contribution in [0.3, 0.4) is 0 Å². The van der Waals surface area contributed by atoms with Crippen LogP contribution in [0.25, 0.3) is 0 Å². The second-order valence-electron chi connectivity index (χ2n) is 5.43. The molecule has 1 unspecified atom stereocenters. The van der Waals surface area contributed by atoms with E-state index in [-0.39, 0.29) is 0 Å². The van der Waals surface area contributed by atoms with Crippen molar-refractivity contribution in [2.24, 2.45) is 0 Å². The summed E-state index contributed by atoms with van der Waals surface area (Å²) in [7, 11) is 1.76. The number of hydrogen-bond donors (Lipinski definition) is 1. The van der Waals surface area contributed by atoms with Crippen molar-refractivity contribution in [2.45, 2.75) is 50.5 Å². The number of aromatic nitrogens is 1. The topological polar surface area (TPSA) is 34.1 Å². The van der Waals surface area contributed by atoms with Crippen LogP contribution in [0.15, 0.2) is 0 Å². The Labute approximate surface area is 113 Å². The van der Waals surface area contributed by atoms with Crippen LogP contribution in [0.4, 0.5) is 0 Å². The van der Waals surface area contributed by atoms with Crippen molar-refractivity contribution in [2.75, 3.05) is 20.3 Å². The zero-order valence-electron chi connectivity index (χ0n) is 11.1. The Morgan fingerprint density at radius 3 is 3.06 bits per heavy atom. The Hall–Kier alpha value is -0.450. The molecular formula is C14H22N2OS. The molecule has 0 saturated heterocycles. The summed E-state index contributed by atoms with van der Waals surface area (Å²) in [5.41, 5.74) is 1.39. The van der Waals surface area contributed by atoms with Gasteiger partial charge in [0.2, 0.25) is 0 Å². The molecule has 0 bridgehead atoms. The van der Waals surface area contributed by atoms with Crippen LogP contribution in [0.1, 0.15) is 47.2 Å². The summed E-state index contributed by atoms with van der Waals surface area (Å²) in [5, 5.41) is 4.92. The van der Waals surface area contributed by atoms with Crippen LogP contribution >= 0.6 is 11.3 Å². The molecule has 0 aromatic carbocycles. The van der Waals surface area contributed by atoms with Gasteiger partial charge in [0.05, 0.1) is 17.3 Å². The SMILES string of the molecule is COCCc1nc2c(s1)CCCC2CNC1CC1. The summed E-state index contributed by atoms with van der Waals surface area (Å²) >= 11 is 1.91. The van der Waals surface area contributed by atoms with Crippen LogP contribution in [-0.2, 0) is 17.6 Å². The quantitative estimate of drug-likeness (QED) is 0.859. The van der Waals surface area contributed by atoms with Gasteiger partial charge in [0.25, 0.3) is 0 Å². The molecule has 0 radical (unpaired) electrons. The van der Waals surface area contributed by atoms with E-state index in [4.69, 9.17) is 9.72 Å². The maximum atomic E-state index is 5.15. The zero-order chi connectivity index (χ0) is 12.4. The van der Waals surface area contributed by atoms with E-state index in [9.17, 15) is 0 Å². The Morgan fingerprint density at radius 2 is 2.28 bits per heavy atom. The van der Waals surface area contributed by atoms with E-state index in [2.05, 4.69) is 5.32 Å². The van der Waals surface area contributed by atoms with Gasteiger partial charge in [0.15, 0.2) is 0 Å². The fourth-order valence-electron chi connectivity index (χ4n) is 2.65. The molecular weight excluding hydrogens is 244 g/mol. The third-order valence-electron chi connectivity index (χ3n) is 3.87. The number of rotatable bonds is 6. The van der Waals surface area contributed by atoms with Gasteiger partial charge in [-0.2, -0.15) is 0 Å². The lowest BCUT2D eigenvalue weighted by atomic mass is 9.91. The van der Waals surface area contributed by atoms with Crippen molar-refractivity contribution in [3.8, 4) is 0 Å². The summed E-state index contributed by atoms with van der Waals surface area (Å²) in [6.45, 7) is 1.92. The van der Waals surface area contributed by atoms with E-state index in [0.717, 1.165) is 25.6 Å². The Bertz CT molecular complexity index is 400. The lowest BCUT2D eigenvalue weighted by molar-refractivity contribution is 0.202. The smallest absolute Gasteiger partial charge is 0.0954 e. The number of methoxy groups -OCH3 is 1. The average Bonchev–Trinajstić information content (AvgIpc) is 3.11. The molecule has 18 heavy (non-hydrogen) atoms. The normalized spacial score (nSPS) is 23.1. The molecule has 1 saturated carbocycles. The Morgan fingerprint density at radius 1 is 1.39 bits per heavy atom. The summed E-state index contributed by atoms with van der Waals surface area (Å²) in [6, 6.07) is 0.807. The van der Waals surface area contributed by atoms with E-state index in [1.165, 1.54) is 47.7 Å². The van der Waals surface area contributed by atoms with Gasteiger partial charge in [-0.05, 0) is 32.1 Å². The third kappa shape index (κ3) is 2.92. The molecule has 1 N–H and O–H groups in total. The minimum atomic E-state index is 0.655. The van der Waals surface area contributed by atoms with Gasteiger partial charge in [-0.3, -0.25) is 0 Å². The van der Waals surface area contributed by atoms with Crippen LogP contribution in [0.2, 0.25) is 0 Å². The first-order chi connectivity index (χ1) is 8.86. The molecule has 0 aliphatic heterocycles. The monoisotopic (exact) mass is 266 g/mol. The van der Waals surface area contributed by atoms with Gasteiger partial charge in [-0.1, -0.05) is 0 Å². The van der Waals surface area contributed by atoms with Gasteiger partial charge in [-0.15, -0.1) is 11.3 Å². The van der Waals surface area contributed by atoms with Gasteiger partial charge in [-0.25, -0.2) is 4.98 Å². The number of nitrogens with one attached hydrogen (secondary N) is 1. The number of nitrogens with zero attached hydrogens (tertiary/aromatic N) is 1. The fourth-order valence-corrected chi connectivity index (χ4v) is 3.83. The summed E-state index contributed by atoms with van der Waals surface area (Å²) in [5.74, 6) is 0.655. The number of ether oxygens (including phenoxy) is 1. The average molecular weight is 266 g/mol. The lowest BCUT2D eigenvalue weighted by Crippen LogP contribution is -2.25. The fraction of sp³-hybridized carbons (Fsp3) is 0.786. The molecule has 0 spiro atoms. The molecule has 2 aliphatic carbocycles. The van der Waals surface area contributed by atoms with Crippen LogP contribution in [0, 0.1) is 0 Å². The summed E-state index contributed by atoms with van der Waals surface area (Å²) < 4.78 is 5.15.